The highest BCUT2D eigenvalue weighted by atomic mass is 35.5. The molecule has 0 radical (unpaired) electrons. The summed E-state index contributed by atoms with van der Waals surface area (Å²) in [6.45, 7) is 1.32. The number of H-pyrrole nitrogens is 1. The van der Waals surface area contributed by atoms with Gasteiger partial charge in [0.15, 0.2) is 0 Å². The second-order valence-corrected chi connectivity index (χ2v) is 7.80. The van der Waals surface area contributed by atoms with E-state index in [0.717, 1.165) is 40.1 Å². The molecule has 1 unspecified atom stereocenters. The summed E-state index contributed by atoms with van der Waals surface area (Å²) >= 11 is 7.55. The van der Waals surface area contributed by atoms with Crippen LogP contribution in [0.25, 0.3) is 10.9 Å². The molecule has 4 rings (SSSR count). The molecular formula is C20H19ClN2O2S. The molecule has 1 atom stereocenters. The minimum Gasteiger partial charge on any atom is -0.376 e. The number of carbonyl (C=O) groups is 1. The lowest BCUT2D eigenvalue weighted by atomic mass is 10.2. The number of nitrogens with one attached hydrogen (secondary N) is 2. The van der Waals surface area contributed by atoms with Crippen LogP contribution in [0.15, 0.2) is 58.3 Å². The topological polar surface area (TPSA) is 54.1 Å². The molecule has 1 fully saturated rings. The van der Waals surface area contributed by atoms with Gasteiger partial charge in [-0.1, -0.05) is 41.6 Å². The van der Waals surface area contributed by atoms with Crippen LogP contribution >= 0.6 is 23.4 Å². The first-order valence-corrected chi connectivity index (χ1v) is 9.84. The van der Waals surface area contributed by atoms with Crippen molar-refractivity contribution in [1.29, 1.82) is 0 Å². The highest BCUT2D eigenvalue weighted by Gasteiger charge is 2.21. The Morgan fingerprint density at radius 1 is 1.23 bits per heavy atom. The van der Waals surface area contributed by atoms with E-state index in [1.54, 1.807) is 11.8 Å². The van der Waals surface area contributed by atoms with E-state index in [1.165, 1.54) is 0 Å². The van der Waals surface area contributed by atoms with Crippen molar-refractivity contribution in [2.75, 3.05) is 13.2 Å². The Labute approximate surface area is 161 Å². The number of aromatic nitrogens is 1. The van der Waals surface area contributed by atoms with Gasteiger partial charge >= 0.3 is 0 Å². The minimum atomic E-state index is -0.104. The van der Waals surface area contributed by atoms with Crippen molar-refractivity contribution in [3.63, 3.8) is 0 Å². The third-order valence-corrected chi connectivity index (χ3v) is 5.82. The number of amides is 1. The highest BCUT2D eigenvalue weighted by Crippen LogP contribution is 2.37. The largest absolute Gasteiger partial charge is 0.376 e. The minimum absolute atomic E-state index is 0.104. The maximum Gasteiger partial charge on any atom is 0.269 e. The van der Waals surface area contributed by atoms with Gasteiger partial charge < -0.3 is 15.0 Å². The molecule has 0 spiro atoms. The van der Waals surface area contributed by atoms with Gasteiger partial charge in [-0.05, 0) is 43.2 Å². The fraction of sp³-hybridized carbons (Fsp3) is 0.250. The molecule has 1 saturated heterocycles. The molecule has 134 valence electrons. The van der Waals surface area contributed by atoms with Crippen LogP contribution in [0.1, 0.15) is 23.3 Å². The van der Waals surface area contributed by atoms with Gasteiger partial charge in [-0.15, -0.1) is 0 Å². The second-order valence-electron chi connectivity index (χ2n) is 6.28. The summed E-state index contributed by atoms with van der Waals surface area (Å²) in [7, 11) is 0. The lowest BCUT2D eigenvalue weighted by Crippen LogP contribution is -2.32. The zero-order chi connectivity index (χ0) is 17.9. The Bertz CT molecular complexity index is 917. The first-order chi connectivity index (χ1) is 12.7. The number of para-hydroxylation sites is 1. The Morgan fingerprint density at radius 3 is 2.81 bits per heavy atom. The van der Waals surface area contributed by atoms with E-state index in [1.807, 2.05) is 48.5 Å². The first kappa shape index (κ1) is 17.5. The molecule has 2 heterocycles. The SMILES string of the molecule is O=C(NCC1CCCO1)c1[nH]c2ccccc2c1Sc1ccc(Cl)cc1. The number of halogens is 1. The van der Waals surface area contributed by atoms with Crippen LogP contribution in [0.2, 0.25) is 5.02 Å². The van der Waals surface area contributed by atoms with E-state index >= 15 is 0 Å². The van der Waals surface area contributed by atoms with Crippen molar-refractivity contribution in [1.82, 2.24) is 10.3 Å². The average molecular weight is 387 g/mol. The number of rotatable bonds is 5. The van der Waals surface area contributed by atoms with E-state index in [0.29, 0.717) is 17.3 Å². The van der Waals surface area contributed by atoms with Gasteiger partial charge in [0.25, 0.3) is 5.91 Å². The number of hydrogen-bond donors (Lipinski definition) is 2. The molecule has 0 saturated carbocycles. The quantitative estimate of drug-likeness (QED) is 0.657. The van der Waals surface area contributed by atoms with Gasteiger partial charge in [-0.25, -0.2) is 0 Å². The maximum atomic E-state index is 12.8. The lowest BCUT2D eigenvalue weighted by molar-refractivity contribution is 0.0852. The van der Waals surface area contributed by atoms with Crippen LogP contribution < -0.4 is 5.32 Å². The average Bonchev–Trinajstić information content (AvgIpc) is 3.30. The van der Waals surface area contributed by atoms with Crippen molar-refractivity contribution >= 4 is 40.2 Å². The number of hydrogen-bond acceptors (Lipinski definition) is 3. The van der Waals surface area contributed by atoms with Gasteiger partial charge in [0.2, 0.25) is 0 Å². The molecule has 1 aromatic heterocycles. The first-order valence-electron chi connectivity index (χ1n) is 8.64. The monoisotopic (exact) mass is 386 g/mol. The van der Waals surface area contributed by atoms with Crippen LogP contribution in [-0.4, -0.2) is 30.1 Å². The summed E-state index contributed by atoms with van der Waals surface area (Å²) in [5.74, 6) is -0.104. The summed E-state index contributed by atoms with van der Waals surface area (Å²) < 4.78 is 5.59. The zero-order valence-electron chi connectivity index (χ0n) is 14.1. The van der Waals surface area contributed by atoms with Crippen LogP contribution in [0.5, 0.6) is 0 Å². The third kappa shape index (κ3) is 3.75. The smallest absolute Gasteiger partial charge is 0.269 e. The maximum absolute atomic E-state index is 12.8. The van der Waals surface area contributed by atoms with E-state index < -0.39 is 0 Å². The van der Waals surface area contributed by atoms with Gasteiger partial charge in [-0.2, -0.15) is 0 Å². The zero-order valence-corrected chi connectivity index (χ0v) is 15.7. The second kappa shape index (κ2) is 7.74. The molecular weight excluding hydrogens is 368 g/mol. The summed E-state index contributed by atoms with van der Waals surface area (Å²) in [5, 5.41) is 4.74. The van der Waals surface area contributed by atoms with Gasteiger partial charge in [0, 0.05) is 34.0 Å². The molecule has 4 nitrogen and oxygen atoms in total. The third-order valence-electron chi connectivity index (χ3n) is 4.43. The van der Waals surface area contributed by atoms with Crippen LogP contribution in [-0.2, 0) is 4.74 Å². The summed E-state index contributed by atoms with van der Waals surface area (Å²) in [6, 6.07) is 15.6. The summed E-state index contributed by atoms with van der Waals surface area (Å²) in [4.78, 5) is 18.0. The van der Waals surface area contributed by atoms with E-state index in [4.69, 9.17) is 16.3 Å². The van der Waals surface area contributed by atoms with E-state index in [9.17, 15) is 4.79 Å². The standard InChI is InChI=1S/C20H19ClN2O2S/c21-13-7-9-15(10-8-13)26-19-16-5-1-2-6-17(16)23-18(19)20(24)22-12-14-4-3-11-25-14/h1-2,5-10,14,23H,3-4,11-12H2,(H,22,24). The van der Waals surface area contributed by atoms with Crippen molar-refractivity contribution in [3.05, 3.63) is 59.2 Å². The normalized spacial score (nSPS) is 16.9. The molecule has 0 bridgehead atoms. The molecule has 3 aromatic rings. The van der Waals surface area contributed by atoms with Crippen LogP contribution in [0.3, 0.4) is 0 Å². The summed E-state index contributed by atoms with van der Waals surface area (Å²) in [6.07, 6.45) is 2.18. The predicted octanol–water partition coefficient (Wildman–Crippen LogP) is 4.88. The Kier molecular flexibility index (Phi) is 5.20. The summed E-state index contributed by atoms with van der Waals surface area (Å²) in [5.41, 5.74) is 1.54. The Balaban J connectivity index is 1.62. The van der Waals surface area contributed by atoms with Gasteiger partial charge in [-0.3, -0.25) is 4.79 Å². The Morgan fingerprint density at radius 2 is 2.04 bits per heavy atom. The number of ether oxygens (including phenoxy) is 1. The molecule has 2 aromatic carbocycles. The molecule has 6 heteroatoms. The van der Waals surface area contributed by atoms with E-state index in [2.05, 4.69) is 10.3 Å². The van der Waals surface area contributed by atoms with Crippen LogP contribution in [0.4, 0.5) is 0 Å². The molecule has 0 aliphatic carbocycles. The fourth-order valence-electron chi connectivity index (χ4n) is 3.10. The number of carbonyl (C=O) groups excluding carboxylic acids is 1. The fourth-order valence-corrected chi connectivity index (χ4v) is 4.27. The molecule has 2 N–H and O–H groups in total. The Hall–Kier alpha value is -1.95. The van der Waals surface area contributed by atoms with E-state index in [-0.39, 0.29) is 12.0 Å². The van der Waals surface area contributed by atoms with Crippen molar-refractivity contribution in [2.24, 2.45) is 0 Å². The van der Waals surface area contributed by atoms with Crippen molar-refractivity contribution in [2.45, 2.75) is 28.7 Å². The van der Waals surface area contributed by atoms with Crippen molar-refractivity contribution < 1.29 is 9.53 Å². The van der Waals surface area contributed by atoms with Gasteiger partial charge in [0.05, 0.1) is 11.0 Å². The van der Waals surface area contributed by atoms with Crippen molar-refractivity contribution in [3.8, 4) is 0 Å². The number of fused-ring (bicyclic) bond motifs is 1. The highest BCUT2D eigenvalue weighted by molar-refractivity contribution is 7.99. The predicted molar refractivity (Wildman–Crippen MR) is 105 cm³/mol. The number of benzene rings is 2. The van der Waals surface area contributed by atoms with Crippen LogP contribution in [0, 0.1) is 0 Å². The molecule has 26 heavy (non-hydrogen) atoms. The van der Waals surface area contributed by atoms with Gasteiger partial charge in [0.1, 0.15) is 5.69 Å². The number of aromatic amines is 1. The molecule has 1 amide bonds. The molecule has 1 aliphatic rings. The molecule has 1 aliphatic heterocycles. The lowest BCUT2D eigenvalue weighted by Gasteiger charge is -2.11.